The Morgan fingerprint density at radius 3 is 2.71 bits per heavy atom. The highest BCUT2D eigenvalue weighted by molar-refractivity contribution is 5.99. The summed E-state index contributed by atoms with van der Waals surface area (Å²) in [4.78, 5) is 14.6. The molecule has 0 aliphatic carbocycles. The number of para-hydroxylation sites is 1. The summed E-state index contributed by atoms with van der Waals surface area (Å²) >= 11 is 0. The van der Waals surface area contributed by atoms with Gasteiger partial charge in [0.05, 0.1) is 12.7 Å². The lowest BCUT2D eigenvalue weighted by molar-refractivity contribution is -0.128. The first-order valence-corrected chi connectivity index (χ1v) is 8.15. The number of hydrogen-bond acceptors (Lipinski definition) is 4. The number of amides is 1. The van der Waals surface area contributed by atoms with Gasteiger partial charge in [-0.1, -0.05) is 12.1 Å². The molecule has 0 saturated carbocycles. The van der Waals surface area contributed by atoms with Crippen molar-refractivity contribution in [2.24, 2.45) is 11.7 Å². The molecule has 1 amide bonds. The zero-order chi connectivity index (χ0) is 16.4. The Kier molecular flexibility index (Phi) is 6.13. The summed E-state index contributed by atoms with van der Waals surface area (Å²) in [7, 11) is 1.62. The second-order valence-electron chi connectivity index (χ2n) is 6.33. The van der Waals surface area contributed by atoms with Gasteiger partial charge in [-0.25, -0.2) is 0 Å². The van der Waals surface area contributed by atoms with Crippen LogP contribution in [0.15, 0.2) is 23.8 Å². The van der Waals surface area contributed by atoms with E-state index < -0.39 is 0 Å². The van der Waals surface area contributed by atoms with Crippen molar-refractivity contribution >= 4 is 24.4 Å². The van der Waals surface area contributed by atoms with Gasteiger partial charge in [0.1, 0.15) is 6.61 Å². The standard InChI is InChI=1S/C18H24N2O3.ClH/c1-12(19)13-6-8-20(9-7-13)18(21)15-10-14-4-3-5-16(22-2)17(14)23-11-15;/h3-5,10,12-13H,6-9,11,19H2,1-2H3;1H. The number of fused-ring (bicyclic) bond motifs is 1. The van der Waals surface area contributed by atoms with Crippen LogP contribution in [-0.4, -0.2) is 43.7 Å². The van der Waals surface area contributed by atoms with Crippen LogP contribution >= 0.6 is 12.4 Å². The minimum absolute atomic E-state index is 0. The summed E-state index contributed by atoms with van der Waals surface area (Å²) in [5.74, 6) is 1.99. The van der Waals surface area contributed by atoms with Gasteiger partial charge in [-0.05, 0) is 37.8 Å². The number of ether oxygens (including phenoxy) is 2. The van der Waals surface area contributed by atoms with E-state index in [0.29, 0.717) is 29.6 Å². The van der Waals surface area contributed by atoms with Crippen molar-refractivity contribution in [2.75, 3.05) is 26.8 Å². The van der Waals surface area contributed by atoms with Crippen LogP contribution in [-0.2, 0) is 4.79 Å². The summed E-state index contributed by atoms with van der Waals surface area (Å²) < 4.78 is 11.1. The molecule has 1 aromatic carbocycles. The zero-order valence-electron chi connectivity index (χ0n) is 14.2. The van der Waals surface area contributed by atoms with E-state index >= 15 is 0 Å². The van der Waals surface area contributed by atoms with Crippen LogP contribution in [0.3, 0.4) is 0 Å². The number of hydrogen-bond donors (Lipinski definition) is 1. The van der Waals surface area contributed by atoms with Crippen LogP contribution in [0.5, 0.6) is 11.5 Å². The van der Waals surface area contributed by atoms with E-state index in [1.165, 1.54) is 0 Å². The third-order valence-corrected chi connectivity index (χ3v) is 4.78. The van der Waals surface area contributed by atoms with E-state index in [2.05, 4.69) is 0 Å². The number of rotatable bonds is 3. The zero-order valence-corrected chi connectivity index (χ0v) is 15.0. The van der Waals surface area contributed by atoms with Gasteiger partial charge in [0.15, 0.2) is 11.5 Å². The lowest BCUT2D eigenvalue weighted by atomic mass is 9.90. The van der Waals surface area contributed by atoms with Crippen LogP contribution in [0.4, 0.5) is 0 Å². The van der Waals surface area contributed by atoms with Gasteiger partial charge < -0.3 is 20.1 Å². The molecule has 24 heavy (non-hydrogen) atoms. The molecule has 1 aromatic rings. The molecule has 5 nitrogen and oxygen atoms in total. The monoisotopic (exact) mass is 352 g/mol. The number of nitrogens with two attached hydrogens (primary N) is 1. The van der Waals surface area contributed by atoms with E-state index in [4.69, 9.17) is 15.2 Å². The predicted octanol–water partition coefficient (Wildman–Crippen LogP) is 2.48. The van der Waals surface area contributed by atoms with Crippen LogP contribution in [0.25, 0.3) is 6.08 Å². The Balaban J connectivity index is 0.00000208. The van der Waals surface area contributed by atoms with Gasteiger partial charge in [-0.2, -0.15) is 0 Å². The molecule has 132 valence electrons. The molecule has 2 heterocycles. The first-order chi connectivity index (χ1) is 11.1. The van der Waals surface area contributed by atoms with E-state index in [-0.39, 0.29) is 24.4 Å². The SMILES string of the molecule is COc1cccc2c1OCC(C(=O)N1CCC(C(C)N)CC1)=C2.Cl. The number of likely N-dealkylation sites (tertiary alicyclic amines) is 1. The number of carbonyl (C=O) groups is 1. The largest absolute Gasteiger partial charge is 0.493 e. The van der Waals surface area contributed by atoms with Crippen molar-refractivity contribution in [1.82, 2.24) is 4.90 Å². The van der Waals surface area contributed by atoms with Crippen molar-refractivity contribution in [2.45, 2.75) is 25.8 Å². The second kappa shape index (κ2) is 7.90. The van der Waals surface area contributed by atoms with Gasteiger partial charge in [-0.15, -0.1) is 12.4 Å². The first kappa shape index (κ1) is 18.6. The molecule has 0 bridgehead atoms. The van der Waals surface area contributed by atoms with Crippen LogP contribution in [0, 0.1) is 5.92 Å². The van der Waals surface area contributed by atoms with Crippen molar-refractivity contribution in [3.05, 3.63) is 29.3 Å². The predicted molar refractivity (Wildman–Crippen MR) is 96.7 cm³/mol. The maximum atomic E-state index is 12.7. The second-order valence-corrected chi connectivity index (χ2v) is 6.33. The third kappa shape index (κ3) is 3.68. The van der Waals surface area contributed by atoms with Crippen LogP contribution in [0.2, 0.25) is 0 Å². The quantitative estimate of drug-likeness (QED) is 0.907. The number of methoxy groups -OCH3 is 1. The smallest absolute Gasteiger partial charge is 0.253 e. The summed E-state index contributed by atoms with van der Waals surface area (Å²) in [5, 5.41) is 0. The Hall–Kier alpha value is -1.72. The Morgan fingerprint density at radius 2 is 2.08 bits per heavy atom. The minimum Gasteiger partial charge on any atom is -0.493 e. The fourth-order valence-electron chi connectivity index (χ4n) is 3.30. The normalized spacial score (nSPS) is 18.6. The first-order valence-electron chi connectivity index (χ1n) is 8.15. The fraction of sp³-hybridized carbons (Fsp3) is 0.500. The van der Waals surface area contributed by atoms with Crippen molar-refractivity contribution in [3.63, 3.8) is 0 Å². The van der Waals surface area contributed by atoms with Gasteiger partial charge in [0, 0.05) is 24.7 Å². The highest BCUT2D eigenvalue weighted by Gasteiger charge is 2.28. The van der Waals surface area contributed by atoms with Crippen LogP contribution in [0.1, 0.15) is 25.3 Å². The van der Waals surface area contributed by atoms with Crippen LogP contribution < -0.4 is 15.2 Å². The van der Waals surface area contributed by atoms with Gasteiger partial charge in [0.25, 0.3) is 5.91 Å². The molecule has 0 radical (unpaired) electrons. The molecule has 0 spiro atoms. The number of halogens is 1. The Labute approximate surface area is 149 Å². The fourth-order valence-corrected chi connectivity index (χ4v) is 3.30. The summed E-state index contributed by atoms with van der Waals surface area (Å²) in [5.41, 5.74) is 7.56. The summed E-state index contributed by atoms with van der Waals surface area (Å²) in [6, 6.07) is 5.90. The number of carbonyl (C=O) groups excluding carboxylic acids is 1. The van der Waals surface area contributed by atoms with Crippen molar-refractivity contribution in [1.29, 1.82) is 0 Å². The molecule has 2 aliphatic rings. The molecule has 2 aliphatic heterocycles. The highest BCUT2D eigenvalue weighted by Crippen LogP contribution is 2.36. The van der Waals surface area contributed by atoms with Gasteiger partial charge in [-0.3, -0.25) is 4.79 Å². The molecule has 1 atom stereocenters. The Morgan fingerprint density at radius 1 is 1.38 bits per heavy atom. The maximum absolute atomic E-state index is 12.7. The molecule has 2 N–H and O–H groups in total. The number of nitrogens with zero attached hydrogens (tertiary/aromatic N) is 1. The molecule has 1 fully saturated rings. The van der Waals surface area contributed by atoms with Gasteiger partial charge in [0.2, 0.25) is 0 Å². The molecular weight excluding hydrogens is 328 g/mol. The molecule has 1 saturated heterocycles. The summed E-state index contributed by atoms with van der Waals surface area (Å²) in [6.07, 6.45) is 3.87. The highest BCUT2D eigenvalue weighted by atomic mass is 35.5. The lowest BCUT2D eigenvalue weighted by Gasteiger charge is -2.34. The molecule has 3 rings (SSSR count). The van der Waals surface area contributed by atoms with E-state index in [1.807, 2.05) is 36.1 Å². The van der Waals surface area contributed by atoms with E-state index in [1.54, 1.807) is 7.11 Å². The Bertz CT molecular complexity index is 623. The summed E-state index contributed by atoms with van der Waals surface area (Å²) in [6.45, 7) is 3.88. The number of piperidine rings is 1. The molecular formula is C18H25ClN2O3. The molecule has 1 unspecified atom stereocenters. The third-order valence-electron chi connectivity index (χ3n) is 4.78. The average Bonchev–Trinajstić information content (AvgIpc) is 2.60. The van der Waals surface area contributed by atoms with Crippen molar-refractivity contribution in [3.8, 4) is 11.5 Å². The van der Waals surface area contributed by atoms with Crippen molar-refractivity contribution < 1.29 is 14.3 Å². The minimum atomic E-state index is 0. The van der Waals surface area contributed by atoms with E-state index in [9.17, 15) is 4.79 Å². The topological polar surface area (TPSA) is 64.8 Å². The maximum Gasteiger partial charge on any atom is 0.253 e. The number of benzene rings is 1. The van der Waals surface area contributed by atoms with E-state index in [0.717, 1.165) is 31.5 Å². The average molecular weight is 353 g/mol. The van der Waals surface area contributed by atoms with Gasteiger partial charge >= 0.3 is 0 Å². The molecule has 0 aromatic heterocycles. The molecule has 6 heteroatoms. The lowest BCUT2D eigenvalue weighted by Crippen LogP contribution is -2.43.